The number of fused-ring (bicyclic) bond motifs is 3. The maximum atomic E-state index is 15.3. The quantitative estimate of drug-likeness (QED) is 0.240. The van der Waals surface area contributed by atoms with E-state index in [0.717, 1.165) is 17.0 Å². The highest BCUT2D eigenvalue weighted by Crippen LogP contribution is 2.34. The molecule has 0 aliphatic rings. The van der Waals surface area contributed by atoms with Crippen molar-refractivity contribution < 1.29 is 28.2 Å². The minimum absolute atomic E-state index is 0.0163. The predicted molar refractivity (Wildman–Crippen MR) is 138 cm³/mol. The van der Waals surface area contributed by atoms with E-state index in [4.69, 9.17) is 15.6 Å². The van der Waals surface area contributed by atoms with Crippen LogP contribution in [0, 0.1) is 11.6 Å². The molecule has 0 fully saturated rings. The van der Waals surface area contributed by atoms with Gasteiger partial charge >= 0.3 is 6.09 Å². The summed E-state index contributed by atoms with van der Waals surface area (Å²) in [5.74, 6) is -2.05. The Kier molecular flexibility index (Phi) is 7.06. The molecule has 9 nitrogen and oxygen atoms in total. The van der Waals surface area contributed by atoms with Gasteiger partial charge in [0, 0.05) is 39.4 Å². The number of carboxylic acid groups (broad SMARTS) is 1. The molecule has 0 unspecified atom stereocenters. The fourth-order valence-corrected chi connectivity index (χ4v) is 4.91. The summed E-state index contributed by atoms with van der Waals surface area (Å²) in [6.45, 7) is 7.21. The average molecular weight is 530 g/mol. The first kappa shape index (κ1) is 26.3. The highest BCUT2D eigenvalue weighted by molar-refractivity contribution is 6.76. The van der Waals surface area contributed by atoms with E-state index in [1.54, 1.807) is 16.7 Å². The minimum Gasteiger partial charge on any atom is -0.465 e. The number of hydrogen-bond donors (Lipinski definition) is 2. The van der Waals surface area contributed by atoms with Gasteiger partial charge in [-0.15, -0.1) is 0 Å². The first-order chi connectivity index (χ1) is 17.4. The van der Waals surface area contributed by atoms with Crippen LogP contribution in [0.15, 0.2) is 36.5 Å². The fourth-order valence-electron chi connectivity index (χ4n) is 4.15. The van der Waals surface area contributed by atoms with E-state index in [9.17, 15) is 14.0 Å². The third-order valence-corrected chi connectivity index (χ3v) is 7.81. The highest BCUT2D eigenvalue weighted by atomic mass is 28.3. The summed E-state index contributed by atoms with van der Waals surface area (Å²) in [6, 6.07) is 7.68. The van der Waals surface area contributed by atoms with Crippen molar-refractivity contribution in [2.75, 3.05) is 13.7 Å². The number of halogens is 2. The molecule has 4 aromatic rings. The van der Waals surface area contributed by atoms with E-state index in [2.05, 4.69) is 24.7 Å². The number of imidazole rings is 1. The number of primary amides is 1. The van der Waals surface area contributed by atoms with Crippen molar-refractivity contribution >= 4 is 36.8 Å². The van der Waals surface area contributed by atoms with Crippen LogP contribution in [0.3, 0.4) is 0 Å². The van der Waals surface area contributed by atoms with Gasteiger partial charge in [-0.25, -0.2) is 18.1 Å². The molecule has 0 aliphatic carbocycles. The zero-order valence-electron chi connectivity index (χ0n) is 21.1. The van der Waals surface area contributed by atoms with Crippen molar-refractivity contribution in [1.29, 1.82) is 0 Å². The number of carbonyl (C=O) groups is 2. The molecule has 196 valence electrons. The van der Waals surface area contributed by atoms with Gasteiger partial charge in [0.25, 0.3) is 5.91 Å². The van der Waals surface area contributed by atoms with Gasteiger partial charge in [-0.2, -0.15) is 5.10 Å². The maximum absolute atomic E-state index is 15.3. The average Bonchev–Trinajstić information content (AvgIpc) is 3.34. The molecule has 2 amide bonds. The molecule has 0 atom stereocenters. The molecule has 0 bridgehead atoms. The summed E-state index contributed by atoms with van der Waals surface area (Å²) >= 11 is 0. The van der Waals surface area contributed by atoms with Gasteiger partial charge in [-0.05, 0) is 29.8 Å². The number of aromatic nitrogens is 3. The standard InChI is InChI=1S/C25H29F2N5O4Si/c1-30(25(34)35)13-15-5-6-17(20(27)9-15)19-12-29-32-22-18(23(28)33)10-16(26)11-21(22)31(24(19)32)14-36-7-8-37(2,3)4/h5-6,9-12H,7-8,13-14H2,1-4H3,(H2,28,33)(H,34,35). The summed E-state index contributed by atoms with van der Waals surface area (Å²) in [7, 11) is 0.0298. The van der Waals surface area contributed by atoms with Gasteiger partial charge in [0.05, 0.1) is 17.3 Å². The maximum Gasteiger partial charge on any atom is 0.407 e. The number of hydrogen-bond acceptors (Lipinski definition) is 4. The van der Waals surface area contributed by atoms with E-state index < -0.39 is 31.7 Å². The van der Waals surface area contributed by atoms with Crippen LogP contribution in [0.1, 0.15) is 15.9 Å². The molecule has 0 radical (unpaired) electrons. The number of nitrogens with zero attached hydrogens (tertiary/aromatic N) is 4. The van der Waals surface area contributed by atoms with Gasteiger partial charge in [-0.1, -0.05) is 31.8 Å². The van der Waals surface area contributed by atoms with Crippen LogP contribution in [0.2, 0.25) is 25.7 Å². The van der Waals surface area contributed by atoms with Gasteiger partial charge in [-0.3, -0.25) is 9.36 Å². The number of rotatable bonds is 9. The van der Waals surface area contributed by atoms with Gasteiger partial charge in [0.15, 0.2) is 0 Å². The van der Waals surface area contributed by atoms with E-state index in [0.29, 0.717) is 34.4 Å². The molecule has 4 rings (SSSR count). The Morgan fingerprint density at radius 1 is 1.16 bits per heavy atom. The normalized spacial score (nSPS) is 11.9. The highest BCUT2D eigenvalue weighted by Gasteiger charge is 2.24. The molecule has 37 heavy (non-hydrogen) atoms. The minimum atomic E-state index is -1.36. The molecule has 2 aromatic heterocycles. The number of ether oxygens (including phenoxy) is 1. The number of nitrogens with two attached hydrogens (primary N) is 1. The lowest BCUT2D eigenvalue weighted by atomic mass is 10.1. The van der Waals surface area contributed by atoms with E-state index >= 15 is 4.39 Å². The van der Waals surface area contributed by atoms with Crippen molar-refractivity contribution in [2.24, 2.45) is 5.73 Å². The second-order valence-electron chi connectivity index (χ2n) is 10.2. The Bertz CT molecular complexity index is 1510. The summed E-state index contributed by atoms with van der Waals surface area (Å²) in [5, 5.41) is 13.5. The molecule has 0 saturated carbocycles. The summed E-state index contributed by atoms with van der Waals surface area (Å²) in [5.41, 5.74) is 7.63. The van der Waals surface area contributed by atoms with Crippen LogP contribution >= 0.6 is 0 Å². The van der Waals surface area contributed by atoms with Gasteiger partial charge < -0.3 is 20.5 Å². The molecule has 0 saturated heterocycles. The molecular formula is C25H29F2N5O4Si. The van der Waals surface area contributed by atoms with Crippen LogP contribution in [-0.4, -0.2) is 57.9 Å². The first-order valence-corrected chi connectivity index (χ1v) is 15.4. The largest absolute Gasteiger partial charge is 0.465 e. The number of carbonyl (C=O) groups excluding carboxylic acids is 1. The Morgan fingerprint density at radius 3 is 2.51 bits per heavy atom. The van der Waals surface area contributed by atoms with Crippen LogP contribution in [0.25, 0.3) is 27.8 Å². The van der Waals surface area contributed by atoms with E-state index in [1.165, 1.54) is 29.9 Å². The molecule has 3 N–H and O–H groups in total. The van der Waals surface area contributed by atoms with Gasteiger partial charge in [0.1, 0.15) is 29.5 Å². The third kappa shape index (κ3) is 5.34. The zero-order valence-corrected chi connectivity index (χ0v) is 22.1. The topological polar surface area (TPSA) is 115 Å². The SMILES string of the molecule is CN(Cc1ccc(-c2cnn3c4c(C(N)=O)cc(F)cc4n(COCC[Si](C)(C)C)c23)c(F)c1)C(=O)O. The predicted octanol–water partition coefficient (Wildman–Crippen LogP) is 4.76. The lowest BCUT2D eigenvalue weighted by Crippen LogP contribution is -2.23. The lowest BCUT2D eigenvalue weighted by molar-refractivity contribution is 0.0925. The van der Waals surface area contributed by atoms with E-state index in [1.807, 2.05) is 0 Å². The van der Waals surface area contributed by atoms with Gasteiger partial charge in [0.2, 0.25) is 0 Å². The third-order valence-electron chi connectivity index (χ3n) is 6.11. The van der Waals surface area contributed by atoms with Crippen LogP contribution in [0.5, 0.6) is 0 Å². The second-order valence-corrected chi connectivity index (χ2v) is 15.8. The number of amides is 2. The summed E-state index contributed by atoms with van der Waals surface area (Å²) in [6.07, 6.45) is 0.335. The van der Waals surface area contributed by atoms with Crippen molar-refractivity contribution in [3.63, 3.8) is 0 Å². The smallest absolute Gasteiger partial charge is 0.407 e. The van der Waals surface area contributed by atoms with Crippen molar-refractivity contribution in [3.8, 4) is 11.1 Å². The van der Waals surface area contributed by atoms with Crippen LogP contribution in [0.4, 0.5) is 13.6 Å². The first-order valence-electron chi connectivity index (χ1n) is 11.7. The summed E-state index contributed by atoms with van der Waals surface area (Å²) < 4.78 is 38.9. The lowest BCUT2D eigenvalue weighted by Gasteiger charge is -2.16. The molecule has 0 aliphatic heterocycles. The van der Waals surface area contributed by atoms with Crippen LogP contribution < -0.4 is 5.73 Å². The Hall–Kier alpha value is -3.77. The molecular weight excluding hydrogens is 500 g/mol. The molecule has 2 aromatic carbocycles. The van der Waals surface area contributed by atoms with Crippen molar-refractivity contribution in [2.45, 2.75) is 39.0 Å². The second kappa shape index (κ2) is 9.94. The zero-order chi connectivity index (χ0) is 27.1. The Morgan fingerprint density at radius 2 is 1.89 bits per heavy atom. The molecule has 12 heteroatoms. The summed E-state index contributed by atoms with van der Waals surface area (Å²) in [4.78, 5) is 24.3. The Balaban J connectivity index is 1.86. The number of benzene rings is 2. The fraction of sp³-hybridized carbons (Fsp3) is 0.320. The van der Waals surface area contributed by atoms with Crippen molar-refractivity contribution in [3.05, 3.63) is 59.3 Å². The Labute approximate surface area is 213 Å². The van der Waals surface area contributed by atoms with E-state index in [-0.39, 0.29) is 24.4 Å². The van der Waals surface area contributed by atoms with Crippen molar-refractivity contribution in [1.82, 2.24) is 19.1 Å². The van der Waals surface area contributed by atoms with Crippen LogP contribution in [-0.2, 0) is 18.0 Å². The monoisotopic (exact) mass is 529 g/mol. The molecule has 0 spiro atoms. The molecule has 2 heterocycles.